The van der Waals surface area contributed by atoms with E-state index in [9.17, 15) is 101 Å². The van der Waals surface area contributed by atoms with Gasteiger partial charge in [-0.05, 0) is 109 Å². The summed E-state index contributed by atoms with van der Waals surface area (Å²) in [6.07, 6.45) is -26.4. The van der Waals surface area contributed by atoms with Gasteiger partial charge in [0.2, 0.25) is 5.92 Å². The molecule has 5 fully saturated rings. The first-order chi connectivity index (χ1) is 42.4. The van der Waals surface area contributed by atoms with Crippen molar-refractivity contribution < 1.29 is 105 Å². The summed E-state index contributed by atoms with van der Waals surface area (Å²) in [6.45, 7) is 49.3. The summed E-state index contributed by atoms with van der Waals surface area (Å²) in [7, 11) is 0. The number of hydrogen-bond donors (Lipinski definition) is 0. The molecule has 0 heterocycles. The highest BCUT2D eigenvalue weighted by atomic mass is 19.4. The molecule has 0 aromatic heterocycles. The smallest absolute Gasteiger partial charge is 0.247 e. The molecule has 5 saturated carbocycles. The molecule has 5 rings (SSSR count). The lowest BCUT2D eigenvalue weighted by atomic mass is 9.86. The minimum atomic E-state index is -5.24. The monoisotopic (exact) mass is 1420 g/mol. The van der Waals surface area contributed by atoms with E-state index in [4.69, 9.17) is 4.11 Å². The second kappa shape index (κ2) is 40.7. The van der Waals surface area contributed by atoms with Gasteiger partial charge in [0, 0.05) is 28.3 Å². The second-order valence-electron chi connectivity index (χ2n) is 31.1. The molecule has 0 aromatic carbocycles. The fraction of sp³-hybridized carbons (Fsp3) is 1.00. The van der Waals surface area contributed by atoms with Crippen LogP contribution in [0.1, 0.15) is 275 Å². The fourth-order valence-corrected chi connectivity index (χ4v) is 10.7. The van der Waals surface area contributed by atoms with E-state index in [0.29, 0.717) is 23.7 Å². The Morgan fingerprint density at radius 2 is 0.670 bits per heavy atom. The lowest BCUT2D eigenvalue weighted by molar-refractivity contribution is -0.335. The van der Waals surface area contributed by atoms with E-state index >= 15 is 0 Å². The van der Waals surface area contributed by atoms with Gasteiger partial charge in [0.1, 0.15) is 18.5 Å². The average Bonchev–Trinajstić information content (AvgIpc) is 1.70. The summed E-state index contributed by atoms with van der Waals surface area (Å²) in [5.41, 5.74) is -4.79. The number of halogens is 23. The normalized spacial score (nSPS) is 33.0. The minimum absolute atomic E-state index is 0.0509. The molecule has 14 unspecified atom stereocenters. The molecule has 0 bridgehead atoms. The van der Waals surface area contributed by atoms with Crippen LogP contribution in [0.5, 0.6) is 0 Å². The first-order valence-electron chi connectivity index (χ1n) is 35.1. The first kappa shape index (κ1) is 94.4. The Bertz CT molecular complexity index is 1950. The molecule has 0 aliphatic heterocycles. The SMILES string of the molecule is CC1C(C(F)(F)F)C(C)[C@@H](C)C1C(F)(F)F.CC1C(F)C(F)[C@@H](C)C1F.CC1CCC(C)C1C.CC1C[C@H](C)CC1C(F)(F)F.CCC(C)(C(F)(F)F)C(F)(F)F.CCC(C)(C)C.CCC(C)(C)C(F)(F)F.CCC(F)(F)C(C)C.[2H]C([2H])(C)C(C)(C)C.[2H]C1(C)C(C)CCC1C. The van der Waals surface area contributed by atoms with Crippen molar-refractivity contribution in [3.05, 3.63) is 0 Å². The number of alkyl halides is 23. The highest BCUT2D eigenvalue weighted by molar-refractivity contribution is 4.98. The van der Waals surface area contributed by atoms with Gasteiger partial charge >= 0.3 is 37.1 Å². The molecule has 94 heavy (non-hydrogen) atoms. The molecule has 0 amide bonds. The van der Waals surface area contributed by atoms with Crippen molar-refractivity contribution in [2.75, 3.05) is 0 Å². The lowest BCUT2D eigenvalue weighted by Crippen LogP contribution is -2.47. The molecule has 0 saturated heterocycles. The van der Waals surface area contributed by atoms with Gasteiger partial charge in [-0.25, -0.2) is 22.0 Å². The maximum Gasteiger partial charge on any atom is 0.402 e. The highest BCUT2D eigenvalue weighted by Gasteiger charge is 2.66. The van der Waals surface area contributed by atoms with Crippen LogP contribution in [0.2, 0.25) is 0 Å². The fourth-order valence-electron chi connectivity index (χ4n) is 10.7. The van der Waals surface area contributed by atoms with Gasteiger partial charge in [-0.15, -0.1) is 0 Å². The van der Waals surface area contributed by atoms with Crippen LogP contribution in [-0.2, 0) is 0 Å². The minimum Gasteiger partial charge on any atom is -0.247 e. The highest BCUT2D eigenvalue weighted by Crippen LogP contribution is 2.57. The second-order valence-corrected chi connectivity index (χ2v) is 31.1. The topological polar surface area (TPSA) is 0 Å². The van der Waals surface area contributed by atoms with E-state index in [0.717, 1.165) is 38.0 Å². The first-order valence-corrected chi connectivity index (χ1v) is 33.6. The lowest BCUT2D eigenvalue weighted by Gasteiger charge is -2.32. The van der Waals surface area contributed by atoms with Crippen LogP contribution in [-0.4, -0.2) is 61.5 Å². The Kier molecular flexibility index (Phi) is 40.9. The zero-order valence-electron chi connectivity index (χ0n) is 65.2. The summed E-state index contributed by atoms with van der Waals surface area (Å²) >= 11 is 0. The van der Waals surface area contributed by atoms with Crippen molar-refractivity contribution >= 4 is 0 Å². The summed E-state index contributed by atoms with van der Waals surface area (Å²) in [5, 5.41) is 0. The molecular weight excluding hydrogens is 1290 g/mol. The van der Waals surface area contributed by atoms with Crippen molar-refractivity contribution in [3.63, 3.8) is 0 Å². The Morgan fingerprint density at radius 1 is 0.362 bits per heavy atom. The van der Waals surface area contributed by atoms with Crippen LogP contribution in [0, 0.1) is 122 Å². The molecule has 0 aromatic rings. The van der Waals surface area contributed by atoms with E-state index in [2.05, 4.69) is 69.2 Å². The average molecular weight is 1420 g/mol. The molecule has 0 radical (unpaired) electrons. The summed E-state index contributed by atoms with van der Waals surface area (Å²) < 4.78 is 304. The van der Waals surface area contributed by atoms with Crippen molar-refractivity contribution in [3.8, 4) is 0 Å². The standard InChI is InChI=1S/C10H14F6.C8H13F3.2C8H16.C7H11F3.C6H8F6.C6H11F3.C6H12F2.2C6H14/c1-4-5(2)8(10(14,15)16)6(3)7(4)9(11,12)13;1-5-3-6(2)7(4-5)8(9,10)11;2*1-6-4-5-7(2)8(6)3;1-3-5(8)4(2)7(10)6(3)9;1-3-4(2,5(7,8)9)6(10,11)12;1-4-5(2,3)6(7,8)9;1-4-6(7,8)5(2)3;2*1-5-6(2,3)4/h4-8H,1-3H3;5-7H,3-4H2,1-2H3;2*6-8H,4-5H2,1-3H3;3-7H,1-2H3;3H2,1-2H3;4H2,1-3H3;5H,4H2,1-3H3;2*5H2,1-4H3/t4-,5?,6?,7?,8?;5-,6?,7?;;;3-,4?,5?,6?,7?;;;;;/m10..0...../s1/i;;8D;;;;;;5D2;. The van der Waals surface area contributed by atoms with Gasteiger partial charge in [0.25, 0.3) is 0 Å². The van der Waals surface area contributed by atoms with E-state index in [-0.39, 0.29) is 42.9 Å². The Hall–Kier alpha value is -1.61. The maximum atomic E-state index is 12.7. The molecule has 0 nitrogen and oxygen atoms in total. The maximum absolute atomic E-state index is 12.7. The van der Waals surface area contributed by atoms with Crippen molar-refractivity contribution in [2.24, 2.45) is 122 Å². The molecular formula is C71H129F23. The number of hydrogen-bond acceptors (Lipinski definition) is 0. The van der Waals surface area contributed by atoms with Crippen LogP contribution in [0.4, 0.5) is 101 Å². The van der Waals surface area contributed by atoms with Crippen LogP contribution in [0.3, 0.4) is 0 Å². The van der Waals surface area contributed by atoms with Gasteiger partial charge in [-0.1, -0.05) is 232 Å². The summed E-state index contributed by atoms with van der Waals surface area (Å²) in [5.74, 6) is -8.54. The third-order valence-corrected chi connectivity index (χ3v) is 20.9. The van der Waals surface area contributed by atoms with E-state index in [1.54, 1.807) is 13.8 Å². The van der Waals surface area contributed by atoms with E-state index in [1.807, 2.05) is 27.7 Å². The molecule has 5 aliphatic rings. The van der Waals surface area contributed by atoms with Gasteiger partial charge in [-0.3, -0.25) is 0 Å². The van der Waals surface area contributed by atoms with E-state index in [1.165, 1.54) is 101 Å². The van der Waals surface area contributed by atoms with Crippen molar-refractivity contribution in [1.29, 1.82) is 0 Å². The zero-order valence-corrected chi connectivity index (χ0v) is 62.2. The Balaban J connectivity index is -0.000000327. The van der Waals surface area contributed by atoms with Crippen molar-refractivity contribution in [1.82, 2.24) is 0 Å². The third-order valence-electron chi connectivity index (χ3n) is 20.9. The Morgan fingerprint density at radius 3 is 0.745 bits per heavy atom. The summed E-state index contributed by atoms with van der Waals surface area (Å²) in [6, 6.07) is 0. The van der Waals surface area contributed by atoms with Crippen molar-refractivity contribution in [2.45, 2.75) is 333 Å². The van der Waals surface area contributed by atoms with Crippen LogP contribution < -0.4 is 0 Å². The Labute approximate surface area is 558 Å². The molecule has 574 valence electrons. The predicted molar refractivity (Wildman–Crippen MR) is 340 cm³/mol. The molecule has 0 N–H and O–H groups in total. The predicted octanol–water partition coefficient (Wildman–Crippen LogP) is 29.2. The van der Waals surface area contributed by atoms with Crippen LogP contribution in [0.25, 0.3) is 0 Å². The molecule has 0 spiro atoms. The third kappa shape index (κ3) is 35.6. The van der Waals surface area contributed by atoms with Gasteiger partial charge in [0.15, 0.2) is 5.41 Å². The quantitative estimate of drug-likeness (QED) is 0.246. The molecule has 23 heteroatoms. The van der Waals surface area contributed by atoms with Crippen LogP contribution in [0.15, 0.2) is 0 Å². The van der Waals surface area contributed by atoms with Crippen LogP contribution >= 0.6 is 0 Å². The van der Waals surface area contributed by atoms with Gasteiger partial charge in [-0.2, -0.15) is 79.0 Å². The van der Waals surface area contributed by atoms with Gasteiger partial charge < -0.3 is 0 Å². The van der Waals surface area contributed by atoms with E-state index < -0.39 is 138 Å². The number of rotatable bonds is 4. The largest absolute Gasteiger partial charge is 0.402 e. The van der Waals surface area contributed by atoms with Gasteiger partial charge in [0.05, 0.1) is 23.2 Å². The summed E-state index contributed by atoms with van der Waals surface area (Å²) in [4.78, 5) is 0. The zero-order chi connectivity index (χ0) is 79.5. The molecule has 5 aliphatic carbocycles. The molecule has 17 atom stereocenters.